The first-order valence-corrected chi connectivity index (χ1v) is 27.9. The number of thiol groups is 1. The number of halogens is 1. The Morgan fingerprint density at radius 3 is 1.46 bits per heavy atom. The second kappa shape index (κ2) is 38.0. The van der Waals surface area contributed by atoms with E-state index in [1.165, 1.54) is 19.4 Å². The highest BCUT2D eigenvalue weighted by Gasteiger charge is 2.31. The third kappa shape index (κ3) is 22.5. The van der Waals surface area contributed by atoms with Crippen molar-refractivity contribution < 1.29 is 84.3 Å². The van der Waals surface area contributed by atoms with Crippen LogP contribution in [0.25, 0.3) is 0 Å². The standard InChI is InChI=1S/C17H19N3O3.C16H19N3O3.C16H18N2O3.C13H11NO4.C8H8O2S.ClH/c1-12(2)19-11-18-20-9-8-14(21)16(15(20)17(19)22)23-10-13-6-4-3-5-7-13;1-11(2)18-16(21)14-15(13(20)8-9-19(14)17)22-10-12-6-4-3-5-7-12;1-11(2)18-16(20)14-15(13(19)8-9-17-14)21-10-12-6-4-3-5-7-12;15-10-6-7-14-11(13(16)17)12(10)18-8-9-4-2-1-3-5-9;1-10-8(9)6-4-2-3-5-7(6)11;/h3-9,12,18H,10-11H2,1-2H3;3-9,11H,10,17H2,1-2H3,(H,18,21);3-9,11H,10H2,1-2H3,(H,17,19)(H,18,20);1-7H,8H2,(H,14,15)(H,16,17);2-5,11H,1H3;1H/i1D3,2D3,11D2,12D;2*1D3,2D3,11D;;;. The lowest BCUT2D eigenvalue weighted by Gasteiger charge is -2.34. The highest BCUT2D eigenvalue weighted by molar-refractivity contribution is 7.80. The van der Waals surface area contributed by atoms with Crippen LogP contribution in [0.3, 0.4) is 0 Å². The number of esters is 1. The summed E-state index contributed by atoms with van der Waals surface area (Å²) in [5.74, 6) is -1.64. The summed E-state index contributed by atoms with van der Waals surface area (Å²) in [5.41, 5.74) is 0.930. The van der Waals surface area contributed by atoms with Gasteiger partial charge in [0.25, 0.3) is 17.7 Å². The van der Waals surface area contributed by atoms with Gasteiger partial charge in [-0.1, -0.05) is 133 Å². The number of nitrogens with zero attached hydrogens (tertiary/aromatic N) is 3. The van der Waals surface area contributed by atoms with Crippen molar-refractivity contribution in [1.29, 1.82) is 0 Å². The number of ether oxygens (including phenoxy) is 5. The number of pyridine rings is 4. The van der Waals surface area contributed by atoms with Crippen molar-refractivity contribution in [2.45, 2.75) is 90.5 Å². The number of nitrogens with one attached hydrogen (secondary N) is 5. The molecule has 0 bridgehead atoms. The molecule has 1 aliphatic heterocycles. The van der Waals surface area contributed by atoms with Gasteiger partial charge in [0.2, 0.25) is 21.7 Å². The number of rotatable bonds is 19. The van der Waals surface area contributed by atoms with Crippen LogP contribution in [0, 0.1) is 0 Å². The van der Waals surface area contributed by atoms with Crippen LogP contribution in [-0.4, -0.2) is 90.8 Å². The lowest BCUT2D eigenvalue weighted by atomic mass is 10.2. The lowest BCUT2D eigenvalue weighted by Crippen LogP contribution is -2.49. The van der Waals surface area contributed by atoms with E-state index >= 15 is 0 Å². The van der Waals surface area contributed by atoms with E-state index in [-0.39, 0.29) is 61.1 Å². The molecule has 0 saturated carbocycles. The Hall–Kier alpha value is -11.3. The summed E-state index contributed by atoms with van der Waals surface area (Å²) in [4.78, 5) is 114. The van der Waals surface area contributed by atoms with Gasteiger partial charge in [0.1, 0.15) is 33.0 Å². The van der Waals surface area contributed by atoms with Crippen LogP contribution in [0.2, 0.25) is 0 Å². The summed E-state index contributed by atoms with van der Waals surface area (Å²) in [5, 5.41) is 12.3. The minimum atomic E-state index is -3.68. The van der Waals surface area contributed by atoms with E-state index in [9.17, 15) is 43.2 Å². The molecule has 5 aromatic carbocycles. The fourth-order valence-electron chi connectivity index (χ4n) is 7.83. The largest absolute Gasteiger partial charge is 0.483 e. The number of hydrogen-bond acceptors (Lipinski definition) is 17. The van der Waals surface area contributed by atoms with Crippen LogP contribution in [0.5, 0.6) is 23.0 Å². The van der Waals surface area contributed by atoms with E-state index in [4.69, 9.17) is 61.4 Å². The van der Waals surface area contributed by atoms with Gasteiger partial charge >= 0.3 is 11.9 Å². The molecule has 8 N–H and O–H groups in total. The lowest BCUT2D eigenvalue weighted by molar-refractivity contribution is 0.0594. The average molecular weight is 1370 g/mol. The Morgan fingerprint density at radius 1 is 0.573 bits per heavy atom. The Morgan fingerprint density at radius 2 is 0.990 bits per heavy atom. The quantitative estimate of drug-likeness (QED) is 0.0213. The van der Waals surface area contributed by atoms with Gasteiger partial charge in [0.05, 0.1) is 19.5 Å². The predicted octanol–water partition coefficient (Wildman–Crippen LogP) is 9.00. The van der Waals surface area contributed by atoms with Crippen LogP contribution in [-0.2, 0) is 31.2 Å². The van der Waals surface area contributed by atoms with Gasteiger partial charge in [-0.25, -0.2) is 9.59 Å². The maximum atomic E-state index is 13.3. The minimum Gasteiger partial charge on any atom is -0.483 e. The number of carbonyl (C=O) groups excluding carboxylic acids is 4. The van der Waals surface area contributed by atoms with Crippen molar-refractivity contribution in [2.75, 3.05) is 25.0 Å². The Labute approximate surface area is 597 Å². The molecular formula is C70H76ClN9O15S. The first-order chi connectivity index (χ1) is 54.7. The minimum absolute atomic E-state index is 0. The summed E-state index contributed by atoms with van der Waals surface area (Å²) in [6, 6.07) is 36.3. The molecule has 0 spiro atoms. The molecule has 24 nitrogen and oxygen atoms in total. The van der Waals surface area contributed by atoms with Crippen molar-refractivity contribution in [3.63, 3.8) is 0 Å². The highest BCUT2D eigenvalue weighted by atomic mass is 35.5. The number of aromatic nitrogens is 4. The zero-order valence-electron chi connectivity index (χ0n) is 73.2. The van der Waals surface area contributed by atoms with Crippen molar-refractivity contribution >= 4 is 54.7 Å². The number of carbonyl (C=O) groups is 5. The van der Waals surface area contributed by atoms with Gasteiger partial charge in [-0.3, -0.25) is 42.9 Å². The Balaban J connectivity index is 0.000000273. The number of aromatic amines is 2. The molecule has 5 heterocycles. The number of methoxy groups -OCH3 is 1. The molecule has 0 unspecified atom stereocenters. The maximum absolute atomic E-state index is 13.3. The van der Waals surface area contributed by atoms with E-state index < -0.39 is 146 Å². The van der Waals surface area contributed by atoms with Gasteiger partial charge in [0.15, 0.2) is 45.8 Å². The summed E-state index contributed by atoms with van der Waals surface area (Å²) in [6.07, 6.45) is 4.46. The van der Waals surface area contributed by atoms with Gasteiger partial charge in [-0.2, -0.15) is 0 Å². The molecule has 504 valence electrons. The van der Waals surface area contributed by atoms with E-state index in [1.54, 1.807) is 120 Å². The van der Waals surface area contributed by atoms with Crippen LogP contribution in [0.15, 0.2) is 219 Å². The monoisotopic (exact) mass is 1370 g/mol. The number of amides is 3. The van der Waals surface area contributed by atoms with E-state index in [2.05, 4.69) is 32.8 Å². The molecule has 10 rings (SSSR count). The number of aromatic carboxylic acids is 1. The maximum Gasteiger partial charge on any atom is 0.356 e. The molecule has 96 heavy (non-hydrogen) atoms. The molecule has 9 aromatic rings. The third-order valence-electron chi connectivity index (χ3n) is 12.2. The number of carboxylic acid groups (broad SMARTS) is 1. The van der Waals surface area contributed by atoms with Gasteiger partial charge in [0, 0.05) is 96.7 Å². The molecule has 0 fully saturated rings. The second-order valence-electron chi connectivity index (χ2n) is 18.9. The normalized spacial score (nSPS) is 16.1. The molecule has 26 heteroatoms. The van der Waals surface area contributed by atoms with Crippen molar-refractivity contribution in [3.8, 4) is 23.0 Å². The third-order valence-corrected chi connectivity index (χ3v) is 12.6. The van der Waals surface area contributed by atoms with E-state index in [1.807, 2.05) is 36.4 Å². The smallest absolute Gasteiger partial charge is 0.356 e. The molecule has 0 atom stereocenters. The number of fused-ring (bicyclic) bond motifs is 1. The number of H-pyrrole nitrogens is 2. The summed E-state index contributed by atoms with van der Waals surface area (Å²) in [6.45, 7) is -24.0. The predicted molar refractivity (Wildman–Crippen MR) is 369 cm³/mol. The second-order valence-corrected chi connectivity index (χ2v) is 19.3. The number of hydrogen-bond donors (Lipinski definition) is 8. The SMILES string of the molecule is COC(=O)c1ccccc1S.Cl.O=C(O)c1[nH]ccc(=O)c1OCc1ccccc1.[2H]C([2H])([2H])C([2H])(NC(=O)c1[nH]ccc(=O)c1OCc1ccccc1)C([2H])([2H])[2H].[2H]C([2H])([2H])C([2H])(NC(=O)c1c(OCc2ccccc2)c(=O)ccn1N)C([2H])([2H])[2H].[2H]C1([2H])Nn2ccc(=O)c(OCc3ccccc3)c2C(=O)N1C([2H])(C([2H])([2H])[2H])C([2H])([2H])[2H]. The molecule has 0 aliphatic carbocycles. The summed E-state index contributed by atoms with van der Waals surface area (Å²) < 4.78 is 202. The van der Waals surface area contributed by atoms with Crippen LogP contribution in [0.4, 0.5) is 0 Å². The Kier molecular flexibility index (Phi) is 18.8. The number of nitrogens with two attached hydrogens (primary N) is 1. The van der Waals surface area contributed by atoms with Gasteiger partial charge in [-0.15, -0.1) is 25.0 Å². The Bertz CT molecular complexity index is 5210. The molecule has 0 saturated heterocycles. The molecule has 4 aromatic heterocycles. The zero-order valence-corrected chi connectivity index (χ0v) is 52.0. The highest BCUT2D eigenvalue weighted by Crippen LogP contribution is 2.22. The number of benzene rings is 5. The molecule has 3 amide bonds. The first kappa shape index (κ1) is 47.6. The molecular weight excluding hydrogens is 1270 g/mol. The number of nitrogen functional groups attached to an aromatic ring is 1. The fourth-order valence-corrected chi connectivity index (χ4v) is 8.08. The number of carboxylic acids is 1. The average Bonchev–Trinajstić information content (AvgIpc) is 0.703. The molecule has 1 aliphatic rings. The summed E-state index contributed by atoms with van der Waals surface area (Å²) in [7, 11) is 1.35. The summed E-state index contributed by atoms with van der Waals surface area (Å²) >= 11 is 4.09. The zero-order chi connectivity index (χ0) is 88.5. The van der Waals surface area contributed by atoms with Crippen molar-refractivity contribution in [2.24, 2.45) is 0 Å². The van der Waals surface area contributed by atoms with Crippen molar-refractivity contribution in [3.05, 3.63) is 286 Å². The van der Waals surface area contributed by atoms with E-state index in [0.29, 0.717) is 31.8 Å². The fraction of sp³-hybridized carbons (Fsp3) is 0.214. The van der Waals surface area contributed by atoms with E-state index in [0.717, 1.165) is 47.0 Å². The molecule has 0 radical (unpaired) electrons. The van der Waals surface area contributed by atoms with Crippen LogP contribution < -0.4 is 62.6 Å². The van der Waals surface area contributed by atoms with Crippen molar-refractivity contribution in [1.82, 2.24) is 34.9 Å². The first-order valence-electron chi connectivity index (χ1n) is 38.9. The topological polar surface area (TPSA) is 327 Å². The van der Waals surface area contributed by atoms with Crippen LogP contribution >= 0.6 is 25.0 Å². The van der Waals surface area contributed by atoms with Gasteiger partial charge < -0.3 is 65.6 Å². The van der Waals surface area contributed by atoms with Crippen LogP contribution in [0.1, 0.15) is 147 Å². The van der Waals surface area contributed by atoms with Gasteiger partial charge in [-0.05, 0) is 75.5 Å².